The Hall–Kier alpha value is -1.09. The second-order valence-corrected chi connectivity index (χ2v) is 4.49. The molecule has 0 radical (unpaired) electrons. The fourth-order valence-electron chi connectivity index (χ4n) is 1.69. The van der Waals surface area contributed by atoms with Gasteiger partial charge in [0, 0.05) is 6.42 Å². The van der Waals surface area contributed by atoms with Crippen LogP contribution in [0.1, 0.15) is 25.5 Å². The predicted molar refractivity (Wildman–Crippen MR) is 68.3 cm³/mol. The molecule has 16 heavy (non-hydrogen) atoms. The molecule has 2 aromatic rings. The Labute approximate surface area is 104 Å². The summed E-state index contributed by atoms with van der Waals surface area (Å²) >= 11 is 3.44. The maximum atomic E-state index is 5.36. The lowest BCUT2D eigenvalue weighted by molar-refractivity contribution is 0.377. The van der Waals surface area contributed by atoms with Crippen molar-refractivity contribution in [2.45, 2.75) is 26.2 Å². The molecule has 0 N–H and O–H groups in total. The molecule has 0 saturated carbocycles. The molecule has 0 unspecified atom stereocenters. The van der Waals surface area contributed by atoms with Crippen molar-refractivity contribution in [1.29, 1.82) is 0 Å². The van der Waals surface area contributed by atoms with Crippen LogP contribution in [0.5, 0.6) is 0 Å². The summed E-state index contributed by atoms with van der Waals surface area (Å²) in [4.78, 5) is 0. The summed E-state index contributed by atoms with van der Waals surface area (Å²) in [6.07, 6.45) is 3.23. The van der Waals surface area contributed by atoms with E-state index in [4.69, 9.17) is 4.52 Å². The largest absolute Gasteiger partial charge is 0.360 e. The van der Waals surface area contributed by atoms with Crippen molar-refractivity contribution in [3.05, 3.63) is 40.7 Å². The molecular weight excluding hydrogens is 266 g/mol. The van der Waals surface area contributed by atoms with Gasteiger partial charge >= 0.3 is 0 Å². The van der Waals surface area contributed by atoms with Gasteiger partial charge < -0.3 is 4.52 Å². The minimum Gasteiger partial charge on any atom is -0.360 e. The zero-order valence-corrected chi connectivity index (χ0v) is 10.8. The minimum atomic E-state index is 0.796. The van der Waals surface area contributed by atoms with Gasteiger partial charge in [0.05, 0.1) is 5.56 Å². The minimum absolute atomic E-state index is 0.796. The van der Waals surface area contributed by atoms with Crippen LogP contribution in [0.2, 0.25) is 0 Å². The van der Waals surface area contributed by atoms with Crippen LogP contribution in [-0.4, -0.2) is 5.16 Å². The molecule has 0 amide bonds. The summed E-state index contributed by atoms with van der Waals surface area (Å²) < 4.78 is 6.15. The fourth-order valence-corrected chi connectivity index (χ4v) is 2.22. The number of rotatable bonds is 4. The number of aromatic nitrogens is 1. The number of hydrogen-bond acceptors (Lipinski definition) is 2. The van der Waals surface area contributed by atoms with Crippen molar-refractivity contribution in [1.82, 2.24) is 5.16 Å². The number of halogens is 1. The van der Waals surface area contributed by atoms with E-state index in [1.54, 1.807) is 0 Å². The van der Waals surface area contributed by atoms with E-state index in [0.717, 1.165) is 40.8 Å². The van der Waals surface area contributed by atoms with Gasteiger partial charge in [-0.25, -0.2) is 0 Å². The van der Waals surface area contributed by atoms with Crippen LogP contribution in [0.4, 0.5) is 0 Å². The highest BCUT2D eigenvalue weighted by atomic mass is 79.9. The molecule has 0 aliphatic rings. The van der Waals surface area contributed by atoms with E-state index in [9.17, 15) is 0 Å². The lowest BCUT2D eigenvalue weighted by Gasteiger charge is -2.01. The number of aryl methyl sites for hydroxylation is 1. The van der Waals surface area contributed by atoms with Crippen molar-refractivity contribution in [2.24, 2.45) is 0 Å². The van der Waals surface area contributed by atoms with Crippen molar-refractivity contribution in [3.8, 4) is 11.1 Å². The number of hydrogen-bond donors (Lipinski definition) is 0. The van der Waals surface area contributed by atoms with Crippen LogP contribution in [0.15, 0.2) is 39.5 Å². The Balaban J connectivity index is 2.35. The average Bonchev–Trinajstić information content (AvgIpc) is 2.69. The highest BCUT2D eigenvalue weighted by Gasteiger charge is 2.14. The quantitative estimate of drug-likeness (QED) is 0.827. The van der Waals surface area contributed by atoms with Gasteiger partial charge in [-0.05, 0) is 27.9 Å². The van der Waals surface area contributed by atoms with Gasteiger partial charge in [-0.1, -0.05) is 48.8 Å². The second kappa shape index (κ2) is 5.30. The number of benzene rings is 1. The summed E-state index contributed by atoms with van der Waals surface area (Å²) in [6.45, 7) is 2.17. The van der Waals surface area contributed by atoms with Crippen molar-refractivity contribution >= 4 is 15.9 Å². The molecule has 2 nitrogen and oxygen atoms in total. The Morgan fingerprint density at radius 3 is 2.69 bits per heavy atom. The molecule has 3 heteroatoms. The molecule has 0 fully saturated rings. The van der Waals surface area contributed by atoms with Crippen LogP contribution in [0.3, 0.4) is 0 Å². The maximum Gasteiger partial charge on any atom is 0.157 e. The zero-order chi connectivity index (χ0) is 11.4. The molecule has 0 aliphatic carbocycles. The molecule has 0 bridgehead atoms. The Morgan fingerprint density at radius 1 is 1.25 bits per heavy atom. The monoisotopic (exact) mass is 279 g/mol. The van der Waals surface area contributed by atoms with Crippen LogP contribution in [0, 0.1) is 0 Å². The van der Waals surface area contributed by atoms with Gasteiger partial charge in [0.2, 0.25) is 0 Å². The Bertz CT molecular complexity index is 450. The van der Waals surface area contributed by atoms with Crippen LogP contribution < -0.4 is 0 Å². The normalized spacial score (nSPS) is 10.6. The molecule has 0 spiro atoms. The van der Waals surface area contributed by atoms with E-state index in [1.807, 2.05) is 18.2 Å². The summed E-state index contributed by atoms with van der Waals surface area (Å²) in [5.41, 5.74) is 2.25. The summed E-state index contributed by atoms with van der Waals surface area (Å²) in [6, 6.07) is 10.2. The standard InChI is InChI=1S/C13H14BrNO/c1-2-3-9-11-12(13(14)15-16-11)10-7-5-4-6-8-10/h4-8H,2-3,9H2,1H3. The molecule has 0 saturated heterocycles. The highest BCUT2D eigenvalue weighted by Crippen LogP contribution is 2.31. The SMILES string of the molecule is CCCCc1onc(Br)c1-c1ccccc1. The number of nitrogens with zero attached hydrogens (tertiary/aromatic N) is 1. The predicted octanol–water partition coefficient (Wildman–Crippen LogP) is 4.45. The Morgan fingerprint density at radius 2 is 2.00 bits per heavy atom. The first-order valence-electron chi connectivity index (χ1n) is 5.52. The van der Waals surface area contributed by atoms with Gasteiger partial charge in [-0.15, -0.1) is 0 Å². The Kier molecular flexibility index (Phi) is 3.78. The molecule has 0 atom stereocenters. The third-order valence-corrected chi connectivity index (χ3v) is 3.08. The second-order valence-electron chi connectivity index (χ2n) is 3.74. The molecule has 1 aromatic heterocycles. The lowest BCUT2D eigenvalue weighted by Crippen LogP contribution is -1.86. The van der Waals surface area contributed by atoms with E-state index < -0.39 is 0 Å². The zero-order valence-electron chi connectivity index (χ0n) is 9.24. The summed E-state index contributed by atoms with van der Waals surface area (Å²) in [7, 11) is 0. The summed E-state index contributed by atoms with van der Waals surface area (Å²) in [5.74, 6) is 0.972. The third kappa shape index (κ3) is 2.35. The van der Waals surface area contributed by atoms with E-state index in [0.29, 0.717) is 0 Å². The molecule has 0 aliphatic heterocycles. The fraction of sp³-hybridized carbons (Fsp3) is 0.308. The van der Waals surface area contributed by atoms with E-state index in [2.05, 4.69) is 40.1 Å². The lowest BCUT2D eigenvalue weighted by atomic mass is 10.0. The molecule has 1 heterocycles. The smallest absolute Gasteiger partial charge is 0.157 e. The van der Waals surface area contributed by atoms with E-state index in [1.165, 1.54) is 0 Å². The first-order chi connectivity index (χ1) is 7.83. The molecule has 2 rings (SSSR count). The summed E-state index contributed by atoms with van der Waals surface area (Å²) in [5, 5.41) is 3.99. The van der Waals surface area contributed by atoms with E-state index >= 15 is 0 Å². The van der Waals surface area contributed by atoms with Crippen molar-refractivity contribution in [2.75, 3.05) is 0 Å². The first-order valence-corrected chi connectivity index (χ1v) is 6.31. The number of unbranched alkanes of at least 4 members (excludes halogenated alkanes) is 1. The van der Waals surface area contributed by atoms with Crippen LogP contribution >= 0.6 is 15.9 Å². The topological polar surface area (TPSA) is 26.0 Å². The van der Waals surface area contributed by atoms with Gasteiger partial charge in [-0.3, -0.25) is 0 Å². The van der Waals surface area contributed by atoms with Gasteiger partial charge in [0.25, 0.3) is 0 Å². The maximum absolute atomic E-state index is 5.36. The van der Waals surface area contributed by atoms with Gasteiger partial charge in [-0.2, -0.15) is 0 Å². The average molecular weight is 280 g/mol. The third-order valence-electron chi connectivity index (χ3n) is 2.54. The van der Waals surface area contributed by atoms with Crippen molar-refractivity contribution in [3.63, 3.8) is 0 Å². The molecular formula is C13H14BrNO. The molecule has 84 valence electrons. The first kappa shape index (κ1) is 11.4. The molecule has 1 aromatic carbocycles. The van der Waals surface area contributed by atoms with Crippen molar-refractivity contribution < 1.29 is 4.52 Å². The van der Waals surface area contributed by atoms with Gasteiger partial charge in [0.15, 0.2) is 4.60 Å². The van der Waals surface area contributed by atoms with Gasteiger partial charge in [0.1, 0.15) is 5.76 Å². The van der Waals surface area contributed by atoms with E-state index in [-0.39, 0.29) is 0 Å². The van der Waals surface area contributed by atoms with Crippen LogP contribution in [0.25, 0.3) is 11.1 Å². The highest BCUT2D eigenvalue weighted by molar-refractivity contribution is 9.10. The van der Waals surface area contributed by atoms with Crippen LogP contribution in [-0.2, 0) is 6.42 Å².